The van der Waals surface area contributed by atoms with Gasteiger partial charge in [0.15, 0.2) is 0 Å². The minimum atomic E-state index is -4.20. The van der Waals surface area contributed by atoms with Crippen molar-refractivity contribution in [3.8, 4) is 0 Å². The van der Waals surface area contributed by atoms with E-state index in [1.807, 2.05) is 0 Å². The Morgan fingerprint density at radius 1 is 1.38 bits per heavy atom. The first kappa shape index (κ1) is 15.7. The molecule has 0 fully saturated rings. The second kappa shape index (κ2) is 5.97. The monoisotopic (exact) mass is 330 g/mol. The second-order valence-electron chi connectivity index (χ2n) is 4.30. The van der Waals surface area contributed by atoms with E-state index in [1.54, 1.807) is 19.1 Å². The van der Waals surface area contributed by atoms with Gasteiger partial charge in [-0.3, -0.25) is 4.72 Å². The number of aromatic nitrogens is 1. The maximum atomic E-state index is 14.1. The summed E-state index contributed by atoms with van der Waals surface area (Å²) in [6.07, 6.45) is 0. The molecule has 0 spiro atoms. The summed E-state index contributed by atoms with van der Waals surface area (Å²) in [7, 11) is -4.20. The van der Waals surface area contributed by atoms with Crippen LogP contribution in [0.4, 0.5) is 10.2 Å². The van der Waals surface area contributed by atoms with Crippen molar-refractivity contribution in [2.45, 2.75) is 18.4 Å². The van der Waals surface area contributed by atoms with E-state index in [0.29, 0.717) is 5.69 Å². The molecule has 2 N–H and O–H groups in total. The predicted octanol–water partition coefficient (Wildman–Crippen LogP) is 2.48. The van der Waals surface area contributed by atoms with Crippen LogP contribution < -0.4 is 4.72 Å². The van der Waals surface area contributed by atoms with Crippen molar-refractivity contribution in [3.05, 3.63) is 52.4 Å². The van der Waals surface area contributed by atoms with Gasteiger partial charge in [-0.15, -0.1) is 0 Å². The molecule has 2 aromatic rings. The number of aliphatic hydroxyl groups excluding tert-OH is 1. The van der Waals surface area contributed by atoms with Crippen molar-refractivity contribution in [3.63, 3.8) is 0 Å². The third-order valence-corrected chi connectivity index (χ3v) is 4.24. The standard InChI is InChI=1S/C13H12ClFN2O3S/c1-8-3-2-4-12(16-8)17-21(19,20)11-6-10(14)5-9(7-18)13(11)15/h2-6,18H,7H2,1H3,(H,16,17). The molecule has 0 unspecified atom stereocenters. The highest BCUT2D eigenvalue weighted by atomic mass is 35.5. The molecule has 21 heavy (non-hydrogen) atoms. The molecule has 0 bridgehead atoms. The summed E-state index contributed by atoms with van der Waals surface area (Å²) in [6, 6.07) is 6.91. The zero-order valence-electron chi connectivity index (χ0n) is 11.0. The van der Waals surface area contributed by atoms with Crippen molar-refractivity contribution in [1.82, 2.24) is 4.98 Å². The quantitative estimate of drug-likeness (QED) is 0.902. The number of aliphatic hydroxyl groups is 1. The van der Waals surface area contributed by atoms with Gasteiger partial charge < -0.3 is 5.11 Å². The van der Waals surface area contributed by atoms with Crippen molar-refractivity contribution in [2.24, 2.45) is 0 Å². The van der Waals surface area contributed by atoms with E-state index in [0.717, 1.165) is 6.07 Å². The fourth-order valence-electron chi connectivity index (χ4n) is 1.72. The first-order chi connectivity index (χ1) is 9.83. The Morgan fingerprint density at radius 3 is 2.71 bits per heavy atom. The molecule has 1 aromatic carbocycles. The molecule has 0 aliphatic carbocycles. The minimum absolute atomic E-state index is 0.0121. The molecule has 0 saturated heterocycles. The molecule has 112 valence electrons. The van der Waals surface area contributed by atoms with Gasteiger partial charge in [-0.25, -0.2) is 17.8 Å². The number of nitrogens with zero attached hydrogens (tertiary/aromatic N) is 1. The second-order valence-corrected chi connectivity index (χ2v) is 6.39. The molecular weight excluding hydrogens is 319 g/mol. The fraction of sp³-hybridized carbons (Fsp3) is 0.154. The van der Waals surface area contributed by atoms with Gasteiger partial charge in [0.1, 0.15) is 16.5 Å². The molecule has 1 aromatic heterocycles. The number of rotatable bonds is 4. The number of hydrogen-bond donors (Lipinski definition) is 2. The third-order valence-electron chi connectivity index (χ3n) is 2.67. The Bertz CT molecular complexity index is 781. The van der Waals surface area contributed by atoms with E-state index >= 15 is 0 Å². The van der Waals surface area contributed by atoms with Crippen LogP contribution in [0.5, 0.6) is 0 Å². The number of hydrogen-bond acceptors (Lipinski definition) is 4. The van der Waals surface area contributed by atoms with Gasteiger partial charge >= 0.3 is 0 Å². The zero-order valence-corrected chi connectivity index (χ0v) is 12.5. The zero-order chi connectivity index (χ0) is 15.6. The van der Waals surface area contributed by atoms with E-state index in [9.17, 15) is 12.8 Å². The third kappa shape index (κ3) is 3.49. The molecule has 8 heteroatoms. The maximum Gasteiger partial charge on any atom is 0.266 e. The Hall–Kier alpha value is -1.70. The summed E-state index contributed by atoms with van der Waals surface area (Å²) < 4.78 is 40.7. The van der Waals surface area contributed by atoms with Crippen LogP contribution in [0.3, 0.4) is 0 Å². The summed E-state index contributed by atoms with van der Waals surface area (Å²) >= 11 is 5.75. The lowest BCUT2D eigenvalue weighted by Crippen LogP contribution is -2.16. The molecule has 0 radical (unpaired) electrons. The molecule has 0 amide bonds. The van der Waals surface area contributed by atoms with Crippen molar-refractivity contribution in [1.29, 1.82) is 0 Å². The topological polar surface area (TPSA) is 79.3 Å². The Labute approximate surface area is 126 Å². The lowest BCUT2D eigenvalue weighted by Gasteiger charge is -2.11. The molecular formula is C13H12ClFN2O3S. The number of aryl methyl sites for hydroxylation is 1. The first-order valence-corrected chi connectivity index (χ1v) is 7.75. The normalized spacial score (nSPS) is 11.4. The van der Waals surface area contributed by atoms with Gasteiger partial charge in [0, 0.05) is 16.3 Å². The van der Waals surface area contributed by atoms with Crippen LogP contribution in [0.15, 0.2) is 35.2 Å². The molecule has 0 atom stereocenters. The van der Waals surface area contributed by atoms with E-state index in [2.05, 4.69) is 9.71 Å². The van der Waals surface area contributed by atoms with E-state index < -0.39 is 27.3 Å². The average molecular weight is 331 g/mol. The van der Waals surface area contributed by atoms with Crippen molar-refractivity contribution < 1.29 is 17.9 Å². The number of sulfonamides is 1. The van der Waals surface area contributed by atoms with Crippen molar-refractivity contribution >= 4 is 27.4 Å². The van der Waals surface area contributed by atoms with Gasteiger partial charge in [-0.2, -0.15) is 0 Å². The summed E-state index contributed by atoms with van der Waals surface area (Å²) in [6.45, 7) is 1.04. The summed E-state index contributed by atoms with van der Waals surface area (Å²) in [5.74, 6) is -0.970. The number of benzene rings is 1. The van der Waals surface area contributed by atoms with Gasteiger partial charge in [0.2, 0.25) is 0 Å². The van der Waals surface area contributed by atoms with Crippen LogP contribution in [-0.2, 0) is 16.6 Å². The number of anilines is 1. The van der Waals surface area contributed by atoms with Gasteiger partial charge in [-0.05, 0) is 31.2 Å². The van der Waals surface area contributed by atoms with Crippen LogP contribution >= 0.6 is 11.6 Å². The van der Waals surface area contributed by atoms with Crippen molar-refractivity contribution in [2.75, 3.05) is 4.72 Å². The largest absolute Gasteiger partial charge is 0.392 e. The molecule has 2 rings (SSSR count). The van der Waals surface area contributed by atoms with E-state index in [4.69, 9.17) is 16.7 Å². The smallest absolute Gasteiger partial charge is 0.266 e. The summed E-state index contributed by atoms with van der Waals surface area (Å²) in [4.78, 5) is 3.35. The molecule has 5 nitrogen and oxygen atoms in total. The molecule has 0 aliphatic heterocycles. The lowest BCUT2D eigenvalue weighted by molar-refractivity contribution is 0.274. The summed E-state index contributed by atoms with van der Waals surface area (Å²) in [5, 5.41) is 9.05. The highest BCUT2D eigenvalue weighted by molar-refractivity contribution is 7.92. The van der Waals surface area contributed by atoms with Crippen LogP contribution in [0.1, 0.15) is 11.3 Å². The fourth-order valence-corrected chi connectivity index (χ4v) is 3.18. The highest BCUT2D eigenvalue weighted by Gasteiger charge is 2.23. The minimum Gasteiger partial charge on any atom is -0.392 e. The molecule has 1 heterocycles. The Kier molecular flexibility index (Phi) is 4.46. The van der Waals surface area contributed by atoms with Crippen LogP contribution in [0.25, 0.3) is 0 Å². The SMILES string of the molecule is Cc1cccc(NS(=O)(=O)c2cc(Cl)cc(CO)c2F)n1. The molecule has 0 saturated carbocycles. The van der Waals surface area contributed by atoms with Crippen LogP contribution in [-0.4, -0.2) is 18.5 Å². The molecule has 0 aliphatic rings. The van der Waals surface area contributed by atoms with Crippen LogP contribution in [0, 0.1) is 12.7 Å². The average Bonchev–Trinajstić information content (AvgIpc) is 2.40. The van der Waals surface area contributed by atoms with Gasteiger partial charge in [0.05, 0.1) is 6.61 Å². The number of pyridine rings is 1. The first-order valence-electron chi connectivity index (χ1n) is 5.89. The highest BCUT2D eigenvalue weighted by Crippen LogP contribution is 2.25. The lowest BCUT2D eigenvalue weighted by atomic mass is 10.2. The number of halogens is 2. The predicted molar refractivity (Wildman–Crippen MR) is 77.1 cm³/mol. The van der Waals surface area contributed by atoms with Crippen LogP contribution in [0.2, 0.25) is 5.02 Å². The maximum absolute atomic E-state index is 14.1. The van der Waals surface area contributed by atoms with E-state index in [1.165, 1.54) is 12.1 Å². The summed E-state index contributed by atoms with van der Waals surface area (Å²) in [5.41, 5.74) is 0.415. The van der Waals surface area contributed by atoms with Gasteiger partial charge in [0.25, 0.3) is 10.0 Å². The number of nitrogens with one attached hydrogen (secondary N) is 1. The van der Waals surface area contributed by atoms with E-state index in [-0.39, 0.29) is 16.4 Å². The Morgan fingerprint density at radius 2 is 2.10 bits per heavy atom. The van der Waals surface area contributed by atoms with Gasteiger partial charge in [-0.1, -0.05) is 17.7 Å². The Balaban J connectivity index is 2.47.